The lowest BCUT2D eigenvalue weighted by Gasteiger charge is -2.15. The van der Waals surface area contributed by atoms with Gasteiger partial charge in [0.2, 0.25) is 0 Å². The standard InChI is InChI=1S/C18H20N2O3/c1-3-23-18(22)16-11-9-14(10-12-16)13(2)19-20-17(21)15-7-5-4-6-8-15/h4-13,19H,3H2,1-2H3,(H,20,21)/t13-/m0/s1. The topological polar surface area (TPSA) is 67.4 Å². The highest BCUT2D eigenvalue weighted by atomic mass is 16.5. The van der Waals surface area contributed by atoms with E-state index in [1.165, 1.54) is 0 Å². The van der Waals surface area contributed by atoms with Crippen LogP contribution >= 0.6 is 0 Å². The summed E-state index contributed by atoms with van der Waals surface area (Å²) < 4.78 is 4.94. The van der Waals surface area contributed by atoms with Gasteiger partial charge in [0.15, 0.2) is 0 Å². The van der Waals surface area contributed by atoms with Gasteiger partial charge in [-0.25, -0.2) is 10.2 Å². The molecule has 0 saturated heterocycles. The first-order valence-corrected chi connectivity index (χ1v) is 7.49. The maximum Gasteiger partial charge on any atom is 0.338 e. The van der Waals surface area contributed by atoms with Crippen molar-refractivity contribution < 1.29 is 14.3 Å². The van der Waals surface area contributed by atoms with Gasteiger partial charge >= 0.3 is 5.97 Å². The molecule has 0 aliphatic carbocycles. The van der Waals surface area contributed by atoms with Gasteiger partial charge in [-0.05, 0) is 43.7 Å². The summed E-state index contributed by atoms with van der Waals surface area (Å²) in [6.07, 6.45) is 0. The van der Waals surface area contributed by atoms with Crippen molar-refractivity contribution in [1.82, 2.24) is 10.9 Å². The Morgan fingerprint density at radius 1 is 1.00 bits per heavy atom. The lowest BCUT2D eigenvalue weighted by atomic mass is 10.1. The van der Waals surface area contributed by atoms with Gasteiger partial charge in [0.1, 0.15) is 0 Å². The predicted octanol–water partition coefficient (Wildman–Crippen LogP) is 2.86. The van der Waals surface area contributed by atoms with Crippen LogP contribution in [0.15, 0.2) is 54.6 Å². The SMILES string of the molecule is CCOC(=O)c1ccc([C@H](C)NNC(=O)c2ccccc2)cc1. The Hall–Kier alpha value is -2.66. The van der Waals surface area contributed by atoms with Gasteiger partial charge in [-0.1, -0.05) is 30.3 Å². The molecule has 2 N–H and O–H groups in total. The van der Waals surface area contributed by atoms with Crippen LogP contribution in [-0.4, -0.2) is 18.5 Å². The first kappa shape index (κ1) is 16.7. The molecule has 5 nitrogen and oxygen atoms in total. The van der Waals surface area contributed by atoms with Gasteiger partial charge in [0.25, 0.3) is 5.91 Å². The van der Waals surface area contributed by atoms with Gasteiger partial charge in [-0.3, -0.25) is 10.2 Å². The summed E-state index contributed by atoms with van der Waals surface area (Å²) in [7, 11) is 0. The number of carbonyl (C=O) groups is 2. The molecule has 0 unspecified atom stereocenters. The van der Waals surface area contributed by atoms with Gasteiger partial charge in [0, 0.05) is 11.6 Å². The fourth-order valence-electron chi connectivity index (χ4n) is 2.04. The van der Waals surface area contributed by atoms with Crippen LogP contribution in [0.3, 0.4) is 0 Å². The lowest BCUT2D eigenvalue weighted by Crippen LogP contribution is -2.39. The number of nitrogens with one attached hydrogen (secondary N) is 2. The second kappa shape index (κ2) is 8.10. The molecule has 2 aromatic rings. The highest BCUT2D eigenvalue weighted by Gasteiger charge is 2.10. The van der Waals surface area contributed by atoms with Gasteiger partial charge in [-0.2, -0.15) is 0 Å². The summed E-state index contributed by atoms with van der Waals surface area (Å²) in [5.41, 5.74) is 7.68. The number of rotatable bonds is 6. The van der Waals surface area contributed by atoms with Gasteiger partial charge in [-0.15, -0.1) is 0 Å². The predicted molar refractivity (Wildman–Crippen MR) is 87.9 cm³/mol. The third kappa shape index (κ3) is 4.66. The van der Waals surface area contributed by atoms with Crippen molar-refractivity contribution in [3.63, 3.8) is 0 Å². The Balaban J connectivity index is 1.92. The van der Waals surface area contributed by atoms with Crippen molar-refractivity contribution in [3.05, 3.63) is 71.3 Å². The average Bonchev–Trinajstić information content (AvgIpc) is 2.60. The molecule has 0 aliphatic rings. The molecule has 1 amide bonds. The first-order chi connectivity index (χ1) is 11.1. The Kier molecular flexibility index (Phi) is 5.88. The number of amides is 1. The van der Waals surface area contributed by atoms with E-state index in [0.717, 1.165) is 5.56 Å². The molecule has 0 aromatic heterocycles. The van der Waals surface area contributed by atoms with Crippen LogP contribution in [0.2, 0.25) is 0 Å². The van der Waals surface area contributed by atoms with Crippen molar-refractivity contribution in [3.8, 4) is 0 Å². The van der Waals surface area contributed by atoms with Crippen molar-refractivity contribution in [2.24, 2.45) is 0 Å². The molecule has 2 rings (SSSR count). The van der Waals surface area contributed by atoms with E-state index in [9.17, 15) is 9.59 Å². The third-order valence-electron chi connectivity index (χ3n) is 3.36. The summed E-state index contributed by atoms with van der Waals surface area (Å²) in [4.78, 5) is 23.6. The molecular weight excluding hydrogens is 292 g/mol. The maximum atomic E-state index is 12.0. The van der Waals surface area contributed by atoms with Crippen LogP contribution in [0.5, 0.6) is 0 Å². The molecule has 0 bridgehead atoms. The molecule has 0 saturated carbocycles. The molecule has 0 fully saturated rings. The number of hydrogen-bond donors (Lipinski definition) is 2. The fourth-order valence-corrected chi connectivity index (χ4v) is 2.04. The number of benzene rings is 2. The minimum atomic E-state index is -0.336. The summed E-state index contributed by atoms with van der Waals surface area (Å²) in [6.45, 7) is 4.04. The molecule has 0 spiro atoms. The van der Waals surface area contributed by atoms with E-state index < -0.39 is 0 Å². The monoisotopic (exact) mass is 312 g/mol. The molecular formula is C18H20N2O3. The van der Waals surface area contributed by atoms with Crippen LogP contribution in [-0.2, 0) is 4.74 Å². The molecule has 0 aliphatic heterocycles. The number of ether oxygens (including phenoxy) is 1. The molecule has 1 atom stereocenters. The number of hydrogen-bond acceptors (Lipinski definition) is 4. The summed E-state index contributed by atoms with van der Waals surface area (Å²) >= 11 is 0. The smallest absolute Gasteiger partial charge is 0.338 e. The normalized spacial score (nSPS) is 11.6. The zero-order chi connectivity index (χ0) is 16.7. The van der Waals surface area contributed by atoms with E-state index in [1.807, 2.05) is 37.3 Å². The quantitative estimate of drug-likeness (QED) is 0.636. The van der Waals surface area contributed by atoms with Gasteiger partial charge < -0.3 is 4.74 Å². The Morgan fingerprint density at radius 3 is 2.26 bits per heavy atom. The summed E-state index contributed by atoms with van der Waals surface area (Å²) in [5.74, 6) is -0.530. The second-order valence-corrected chi connectivity index (χ2v) is 5.03. The zero-order valence-electron chi connectivity index (χ0n) is 13.2. The number of hydrazine groups is 1. The van der Waals surface area contributed by atoms with Gasteiger partial charge in [0.05, 0.1) is 12.2 Å². The van der Waals surface area contributed by atoms with Crippen LogP contribution in [0.1, 0.15) is 46.2 Å². The Labute approximate surface area is 135 Å². The van der Waals surface area contributed by atoms with Crippen molar-refractivity contribution >= 4 is 11.9 Å². The second-order valence-electron chi connectivity index (χ2n) is 5.03. The lowest BCUT2D eigenvalue weighted by molar-refractivity contribution is 0.0526. The molecule has 0 heterocycles. The van der Waals surface area contributed by atoms with E-state index in [-0.39, 0.29) is 17.9 Å². The zero-order valence-corrected chi connectivity index (χ0v) is 13.2. The number of esters is 1. The molecule has 23 heavy (non-hydrogen) atoms. The molecule has 5 heteroatoms. The summed E-state index contributed by atoms with van der Waals surface area (Å²) in [5, 5.41) is 0. The molecule has 120 valence electrons. The van der Waals surface area contributed by atoms with Crippen molar-refractivity contribution in [1.29, 1.82) is 0 Å². The van der Waals surface area contributed by atoms with Crippen molar-refractivity contribution in [2.75, 3.05) is 6.61 Å². The highest BCUT2D eigenvalue weighted by molar-refractivity contribution is 5.93. The maximum absolute atomic E-state index is 12.0. The third-order valence-corrected chi connectivity index (χ3v) is 3.36. The van der Waals surface area contributed by atoms with E-state index >= 15 is 0 Å². The fraction of sp³-hybridized carbons (Fsp3) is 0.222. The molecule has 0 radical (unpaired) electrons. The molecule has 2 aromatic carbocycles. The summed E-state index contributed by atoms with van der Waals surface area (Å²) in [6, 6.07) is 16.0. The minimum absolute atomic E-state index is 0.0982. The van der Waals surface area contributed by atoms with E-state index in [1.54, 1.807) is 31.2 Å². The largest absolute Gasteiger partial charge is 0.462 e. The van der Waals surface area contributed by atoms with Crippen molar-refractivity contribution in [2.45, 2.75) is 19.9 Å². The minimum Gasteiger partial charge on any atom is -0.462 e. The van der Waals surface area contributed by atoms with Crippen LogP contribution in [0, 0.1) is 0 Å². The van der Waals surface area contributed by atoms with E-state index in [2.05, 4.69) is 10.9 Å². The Morgan fingerprint density at radius 2 is 1.65 bits per heavy atom. The van der Waals surface area contributed by atoms with E-state index in [0.29, 0.717) is 17.7 Å². The van der Waals surface area contributed by atoms with Crippen LogP contribution < -0.4 is 10.9 Å². The van der Waals surface area contributed by atoms with Crippen LogP contribution in [0.25, 0.3) is 0 Å². The number of carbonyl (C=O) groups excluding carboxylic acids is 2. The average molecular weight is 312 g/mol. The first-order valence-electron chi connectivity index (χ1n) is 7.49. The highest BCUT2D eigenvalue weighted by Crippen LogP contribution is 2.13. The van der Waals surface area contributed by atoms with E-state index in [4.69, 9.17) is 4.74 Å². The van der Waals surface area contributed by atoms with Crippen LogP contribution in [0.4, 0.5) is 0 Å². The Bertz CT molecular complexity index is 654.